The molecule has 4 heteroatoms. The van der Waals surface area contributed by atoms with Gasteiger partial charge in [0.05, 0.1) is 6.54 Å². The molecule has 0 saturated carbocycles. The third-order valence-corrected chi connectivity index (χ3v) is 5.55. The number of piperidine rings is 2. The van der Waals surface area contributed by atoms with Crippen molar-refractivity contribution < 1.29 is 4.79 Å². The van der Waals surface area contributed by atoms with Crippen molar-refractivity contribution in [2.45, 2.75) is 57.5 Å². The number of fused-ring (bicyclic) bond motifs is 1. The first-order valence-corrected chi connectivity index (χ1v) is 8.54. The Balaban J connectivity index is 1.59. The third kappa shape index (κ3) is 2.86. The topological polar surface area (TPSA) is 35.6 Å². The smallest absolute Gasteiger partial charge is 0.237 e. The normalized spacial score (nSPS) is 35.0. The molecule has 1 N–H and O–H groups in total. The molecule has 3 aliphatic heterocycles. The van der Waals surface area contributed by atoms with Crippen molar-refractivity contribution >= 4 is 5.91 Å². The fourth-order valence-corrected chi connectivity index (χ4v) is 4.38. The van der Waals surface area contributed by atoms with Crippen LogP contribution in [-0.4, -0.2) is 60.5 Å². The van der Waals surface area contributed by atoms with E-state index in [2.05, 4.69) is 22.0 Å². The second-order valence-corrected chi connectivity index (χ2v) is 6.74. The Labute approximate surface area is 122 Å². The molecule has 0 aromatic rings. The molecular weight excluding hydrogens is 250 g/mol. The van der Waals surface area contributed by atoms with Crippen LogP contribution in [0.1, 0.15) is 45.4 Å². The first-order valence-electron chi connectivity index (χ1n) is 8.54. The molecule has 114 valence electrons. The van der Waals surface area contributed by atoms with Crippen LogP contribution in [0.5, 0.6) is 0 Å². The van der Waals surface area contributed by atoms with Gasteiger partial charge in [-0.05, 0) is 57.5 Å². The molecule has 0 aliphatic carbocycles. The lowest BCUT2D eigenvalue weighted by atomic mass is 9.92. The molecule has 3 rings (SSSR count). The summed E-state index contributed by atoms with van der Waals surface area (Å²) in [7, 11) is 0. The summed E-state index contributed by atoms with van der Waals surface area (Å²) in [5, 5.41) is 3.50. The fourth-order valence-electron chi connectivity index (χ4n) is 4.38. The number of hydrogen-bond acceptors (Lipinski definition) is 3. The minimum atomic E-state index is 0.379. The number of nitrogens with zero attached hydrogens (tertiary/aromatic N) is 2. The van der Waals surface area contributed by atoms with Crippen molar-refractivity contribution in [1.29, 1.82) is 0 Å². The Morgan fingerprint density at radius 3 is 2.90 bits per heavy atom. The van der Waals surface area contributed by atoms with Gasteiger partial charge < -0.3 is 10.2 Å². The highest BCUT2D eigenvalue weighted by Gasteiger charge is 2.36. The van der Waals surface area contributed by atoms with Gasteiger partial charge in [0.25, 0.3) is 0 Å². The maximum Gasteiger partial charge on any atom is 0.237 e. The SMILES string of the molecule is CCC1CCCCN1C(=O)CN1CCCC2CNCC21. The van der Waals surface area contributed by atoms with Crippen LogP contribution in [-0.2, 0) is 4.79 Å². The number of hydrogen-bond donors (Lipinski definition) is 1. The summed E-state index contributed by atoms with van der Waals surface area (Å²) < 4.78 is 0. The molecule has 4 nitrogen and oxygen atoms in total. The summed E-state index contributed by atoms with van der Waals surface area (Å²) in [5.41, 5.74) is 0. The van der Waals surface area contributed by atoms with E-state index >= 15 is 0 Å². The zero-order valence-electron chi connectivity index (χ0n) is 12.8. The lowest BCUT2D eigenvalue weighted by Gasteiger charge is -2.40. The van der Waals surface area contributed by atoms with E-state index in [-0.39, 0.29) is 0 Å². The van der Waals surface area contributed by atoms with Gasteiger partial charge in [-0.25, -0.2) is 0 Å². The van der Waals surface area contributed by atoms with Gasteiger partial charge in [-0.1, -0.05) is 6.92 Å². The maximum absolute atomic E-state index is 12.7. The Kier molecular flexibility index (Phi) is 4.61. The van der Waals surface area contributed by atoms with Crippen LogP contribution in [0.15, 0.2) is 0 Å². The Morgan fingerprint density at radius 2 is 2.05 bits per heavy atom. The largest absolute Gasteiger partial charge is 0.339 e. The zero-order valence-corrected chi connectivity index (χ0v) is 12.8. The predicted molar refractivity (Wildman–Crippen MR) is 80.6 cm³/mol. The molecule has 3 fully saturated rings. The summed E-state index contributed by atoms with van der Waals surface area (Å²) in [5.74, 6) is 1.16. The van der Waals surface area contributed by atoms with E-state index in [4.69, 9.17) is 0 Å². The molecule has 3 unspecified atom stereocenters. The number of nitrogens with one attached hydrogen (secondary N) is 1. The van der Waals surface area contributed by atoms with Crippen molar-refractivity contribution in [3.63, 3.8) is 0 Å². The highest BCUT2D eigenvalue weighted by atomic mass is 16.2. The van der Waals surface area contributed by atoms with Crippen molar-refractivity contribution in [3.8, 4) is 0 Å². The van der Waals surface area contributed by atoms with Crippen molar-refractivity contribution in [1.82, 2.24) is 15.1 Å². The molecule has 0 radical (unpaired) electrons. The van der Waals surface area contributed by atoms with E-state index in [0.717, 1.165) is 38.5 Å². The first-order chi connectivity index (χ1) is 9.79. The highest BCUT2D eigenvalue weighted by Crippen LogP contribution is 2.27. The third-order valence-electron chi connectivity index (χ3n) is 5.55. The van der Waals surface area contributed by atoms with Crippen molar-refractivity contribution in [2.24, 2.45) is 5.92 Å². The summed E-state index contributed by atoms with van der Waals surface area (Å²) in [6.45, 7) is 7.19. The van der Waals surface area contributed by atoms with Crippen LogP contribution < -0.4 is 5.32 Å². The van der Waals surface area contributed by atoms with Crippen LogP contribution in [0.3, 0.4) is 0 Å². The lowest BCUT2D eigenvalue weighted by Crippen LogP contribution is -2.52. The van der Waals surface area contributed by atoms with Crippen LogP contribution in [0.2, 0.25) is 0 Å². The van der Waals surface area contributed by atoms with E-state index in [0.29, 0.717) is 24.5 Å². The predicted octanol–water partition coefficient (Wildman–Crippen LogP) is 1.46. The second kappa shape index (κ2) is 6.44. The minimum absolute atomic E-state index is 0.379. The van der Waals surface area contributed by atoms with Gasteiger partial charge in [0.15, 0.2) is 0 Å². The van der Waals surface area contributed by atoms with Gasteiger partial charge in [-0.3, -0.25) is 9.69 Å². The second-order valence-electron chi connectivity index (χ2n) is 6.74. The van der Waals surface area contributed by atoms with Crippen LogP contribution in [0.4, 0.5) is 0 Å². The standard InChI is InChI=1S/C16H29N3O/c1-2-14-7-3-4-9-19(14)16(20)12-18-8-5-6-13-10-17-11-15(13)18/h13-15,17H,2-12H2,1H3. The van der Waals surface area contributed by atoms with Crippen LogP contribution in [0.25, 0.3) is 0 Å². The molecule has 1 amide bonds. The van der Waals surface area contributed by atoms with Crippen LogP contribution >= 0.6 is 0 Å². The molecular formula is C16H29N3O. The van der Waals surface area contributed by atoms with Crippen LogP contribution in [0, 0.1) is 5.92 Å². The molecule has 3 saturated heterocycles. The van der Waals surface area contributed by atoms with Crippen molar-refractivity contribution in [2.75, 3.05) is 32.7 Å². The maximum atomic E-state index is 12.7. The Hall–Kier alpha value is -0.610. The summed E-state index contributed by atoms with van der Waals surface area (Å²) >= 11 is 0. The van der Waals surface area contributed by atoms with Gasteiger partial charge in [-0.15, -0.1) is 0 Å². The summed E-state index contributed by atoms with van der Waals surface area (Å²) in [4.78, 5) is 17.3. The molecule has 3 heterocycles. The van der Waals surface area contributed by atoms with E-state index in [1.165, 1.54) is 32.1 Å². The molecule has 3 aliphatic rings. The van der Waals surface area contributed by atoms with Gasteiger partial charge in [0, 0.05) is 25.2 Å². The van der Waals surface area contributed by atoms with Gasteiger partial charge in [0.1, 0.15) is 0 Å². The number of amides is 1. The zero-order chi connectivity index (χ0) is 13.9. The summed E-state index contributed by atoms with van der Waals surface area (Å²) in [6, 6.07) is 1.11. The lowest BCUT2D eigenvalue weighted by molar-refractivity contribution is -0.137. The van der Waals surface area contributed by atoms with Gasteiger partial charge in [-0.2, -0.15) is 0 Å². The minimum Gasteiger partial charge on any atom is -0.339 e. The molecule has 3 atom stereocenters. The van der Waals surface area contributed by atoms with Gasteiger partial charge >= 0.3 is 0 Å². The quantitative estimate of drug-likeness (QED) is 0.849. The Morgan fingerprint density at radius 1 is 1.15 bits per heavy atom. The number of likely N-dealkylation sites (tertiary alicyclic amines) is 2. The van der Waals surface area contributed by atoms with Gasteiger partial charge in [0.2, 0.25) is 5.91 Å². The Bertz CT molecular complexity index is 347. The monoisotopic (exact) mass is 279 g/mol. The average Bonchev–Trinajstić information content (AvgIpc) is 2.96. The van der Waals surface area contributed by atoms with E-state index in [9.17, 15) is 4.79 Å². The number of carbonyl (C=O) groups is 1. The number of carbonyl (C=O) groups excluding carboxylic acids is 1. The molecule has 0 aromatic carbocycles. The first kappa shape index (κ1) is 14.3. The van der Waals surface area contributed by atoms with Crippen molar-refractivity contribution in [3.05, 3.63) is 0 Å². The molecule has 20 heavy (non-hydrogen) atoms. The van der Waals surface area contributed by atoms with E-state index in [1.54, 1.807) is 0 Å². The highest BCUT2D eigenvalue weighted by molar-refractivity contribution is 5.78. The van der Waals surface area contributed by atoms with E-state index < -0.39 is 0 Å². The molecule has 0 spiro atoms. The molecule has 0 bridgehead atoms. The van der Waals surface area contributed by atoms with E-state index in [1.807, 2.05) is 0 Å². The fraction of sp³-hybridized carbons (Fsp3) is 0.938. The average molecular weight is 279 g/mol. The number of rotatable bonds is 3. The molecule has 0 aromatic heterocycles. The summed E-state index contributed by atoms with van der Waals surface area (Å²) in [6.07, 6.45) is 7.39.